The van der Waals surface area contributed by atoms with Crippen molar-refractivity contribution in [2.24, 2.45) is 0 Å². The van der Waals surface area contributed by atoms with E-state index in [0.29, 0.717) is 0 Å². The largest absolute Gasteiger partial charge is 0.496 e. The van der Waals surface area contributed by atoms with Gasteiger partial charge in [-0.15, -0.1) is 12.4 Å². The van der Waals surface area contributed by atoms with Crippen molar-refractivity contribution in [1.82, 2.24) is 5.32 Å². The molecule has 0 unspecified atom stereocenters. The van der Waals surface area contributed by atoms with E-state index in [1.54, 1.807) is 7.11 Å². The quantitative estimate of drug-likeness (QED) is 0.756. The lowest BCUT2D eigenvalue weighted by Crippen LogP contribution is -2.15. The lowest BCUT2D eigenvalue weighted by molar-refractivity contribution is 0.408. The Morgan fingerprint density at radius 3 is 2.60 bits per heavy atom. The van der Waals surface area contributed by atoms with Gasteiger partial charge in [0.25, 0.3) is 0 Å². The average molecular weight is 294 g/mol. The van der Waals surface area contributed by atoms with Crippen LogP contribution in [0.15, 0.2) is 36.4 Å². The summed E-state index contributed by atoms with van der Waals surface area (Å²) in [4.78, 5) is 0. The fourth-order valence-electron chi connectivity index (χ4n) is 2.40. The Labute approximate surface area is 127 Å². The molecule has 0 atom stereocenters. The van der Waals surface area contributed by atoms with E-state index in [1.165, 1.54) is 35.6 Å². The van der Waals surface area contributed by atoms with Crippen molar-refractivity contribution in [3.8, 4) is 5.75 Å². The third-order valence-electron chi connectivity index (χ3n) is 3.48. The molecule has 0 aromatic heterocycles. The van der Waals surface area contributed by atoms with Crippen LogP contribution in [0.1, 0.15) is 31.7 Å². The van der Waals surface area contributed by atoms with Crippen LogP contribution in [0.4, 0.5) is 0 Å². The molecule has 2 aromatic carbocycles. The van der Waals surface area contributed by atoms with Crippen molar-refractivity contribution in [2.45, 2.75) is 32.7 Å². The van der Waals surface area contributed by atoms with E-state index in [2.05, 4.69) is 48.6 Å². The molecule has 20 heavy (non-hydrogen) atoms. The number of hydrogen-bond donors (Lipinski definition) is 1. The molecular weight excluding hydrogens is 270 g/mol. The molecule has 2 rings (SSSR count). The predicted molar refractivity (Wildman–Crippen MR) is 89.0 cm³/mol. The summed E-state index contributed by atoms with van der Waals surface area (Å²) in [6.45, 7) is 4.17. The number of methoxy groups -OCH3 is 1. The van der Waals surface area contributed by atoms with Gasteiger partial charge in [-0.25, -0.2) is 0 Å². The Bertz CT molecular complexity index is 527. The highest BCUT2D eigenvalue weighted by Crippen LogP contribution is 2.27. The first-order valence-corrected chi connectivity index (χ1v) is 7.12. The van der Waals surface area contributed by atoms with Crippen LogP contribution in [-0.2, 0) is 6.54 Å². The van der Waals surface area contributed by atoms with Gasteiger partial charge in [-0.2, -0.15) is 0 Å². The van der Waals surface area contributed by atoms with Crippen molar-refractivity contribution < 1.29 is 4.74 Å². The van der Waals surface area contributed by atoms with Crippen LogP contribution in [0.3, 0.4) is 0 Å². The molecule has 0 bridgehead atoms. The fraction of sp³-hybridized carbons (Fsp3) is 0.412. The van der Waals surface area contributed by atoms with E-state index >= 15 is 0 Å². The molecule has 0 radical (unpaired) electrons. The molecule has 0 heterocycles. The zero-order chi connectivity index (χ0) is 13.5. The first-order chi connectivity index (χ1) is 9.36. The number of ether oxygens (including phenoxy) is 1. The van der Waals surface area contributed by atoms with Crippen molar-refractivity contribution in [3.63, 3.8) is 0 Å². The zero-order valence-electron chi connectivity index (χ0n) is 12.3. The molecule has 0 spiro atoms. The van der Waals surface area contributed by atoms with Gasteiger partial charge in [0.1, 0.15) is 5.75 Å². The maximum atomic E-state index is 5.49. The molecule has 0 fully saturated rings. The molecule has 0 saturated heterocycles. The Balaban J connectivity index is 0.00000200. The molecule has 2 nitrogen and oxygen atoms in total. The summed E-state index contributed by atoms with van der Waals surface area (Å²) >= 11 is 0. The highest BCUT2D eigenvalue weighted by Gasteiger charge is 2.07. The van der Waals surface area contributed by atoms with Gasteiger partial charge in [0, 0.05) is 12.1 Å². The normalized spacial score (nSPS) is 10.3. The second-order valence-corrected chi connectivity index (χ2v) is 4.85. The van der Waals surface area contributed by atoms with Gasteiger partial charge in [0.05, 0.1) is 7.11 Å². The Kier molecular flexibility index (Phi) is 7.42. The maximum Gasteiger partial charge on any atom is 0.123 e. The summed E-state index contributed by atoms with van der Waals surface area (Å²) in [6, 6.07) is 12.7. The third-order valence-corrected chi connectivity index (χ3v) is 3.48. The monoisotopic (exact) mass is 293 g/mol. The maximum absolute atomic E-state index is 5.49. The minimum Gasteiger partial charge on any atom is -0.496 e. The van der Waals surface area contributed by atoms with E-state index in [9.17, 15) is 0 Å². The summed E-state index contributed by atoms with van der Waals surface area (Å²) in [5.74, 6) is 0.974. The first-order valence-electron chi connectivity index (χ1n) is 7.12. The second kappa shape index (κ2) is 8.83. The SMILES string of the molecule is CCCCCNCc1c(OC)ccc2ccccc12.Cl. The third kappa shape index (κ3) is 4.12. The predicted octanol–water partition coefficient (Wildman–Crippen LogP) is 4.55. The van der Waals surface area contributed by atoms with Gasteiger partial charge in [0.2, 0.25) is 0 Å². The average Bonchev–Trinajstić information content (AvgIpc) is 2.47. The van der Waals surface area contributed by atoms with Gasteiger partial charge in [-0.1, -0.05) is 50.1 Å². The number of hydrogen-bond acceptors (Lipinski definition) is 2. The van der Waals surface area contributed by atoms with Crippen LogP contribution in [0.2, 0.25) is 0 Å². The van der Waals surface area contributed by atoms with E-state index < -0.39 is 0 Å². The number of fused-ring (bicyclic) bond motifs is 1. The summed E-state index contributed by atoms with van der Waals surface area (Å²) in [5.41, 5.74) is 1.26. The summed E-state index contributed by atoms with van der Waals surface area (Å²) in [5, 5.41) is 6.08. The summed E-state index contributed by atoms with van der Waals surface area (Å²) in [7, 11) is 1.74. The van der Waals surface area contributed by atoms with Gasteiger partial charge in [-0.3, -0.25) is 0 Å². The molecule has 0 aliphatic heterocycles. The number of benzene rings is 2. The highest BCUT2D eigenvalue weighted by atomic mass is 35.5. The topological polar surface area (TPSA) is 21.3 Å². The lowest BCUT2D eigenvalue weighted by atomic mass is 10.0. The molecule has 0 aliphatic rings. The minimum absolute atomic E-state index is 0. The van der Waals surface area contributed by atoms with Crippen LogP contribution in [0.25, 0.3) is 10.8 Å². The number of nitrogens with one attached hydrogen (secondary N) is 1. The Hall–Kier alpha value is -1.25. The van der Waals surface area contributed by atoms with Crippen LogP contribution in [0.5, 0.6) is 5.75 Å². The van der Waals surface area contributed by atoms with Crippen LogP contribution in [-0.4, -0.2) is 13.7 Å². The summed E-state index contributed by atoms with van der Waals surface area (Å²) in [6.07, 6.45) is 3.79. The van der Waals surface area contributed by atoms with Crippen molar-refractivity contribution >= 4 is 23.2 Å². The van der Waals surface area contributed by atoms with Crippen molar-refractivity contribution in [3.05, 3.63) is 42.0 Å². The fourth-order valence-corrected chi connectivity index (χ4v) is 2.40. The van der Waals surface area contributed by atoms with Crippen LogP contribution < -0.4 is 10.1 Å². The zero-order valence-corrected chi connectivity index (χ0v) is 13.1. The van der Waals surface area contributed by atoms with E-state index in [0.717, 1.165) is 18.8 Å². The molecule has 1 N–H and O–H groups in total. The smallest absolute Gasteiger partial charge is 0.123 e. The number of unbranched alkanes of at least 4 members (excludes halogenated alkanes) is 2. The van der Waals surface area contributed by atoms with Gasteiger partial charge >= 0.3 is 0 Å². The second-order valence-electron chi connectivity index (χ2n) is 4.85. The van der Waals surface area contributed by atoms with Crippen molar-refractivity contribution in [1.29, 1.82) is 0 Å². The molecule has 0 saturated carbocycles. The number of rotatable bonds is 7. The minimum atomic E-state index is 0. The molecule has 0 amide bonds. The van der Waals surface area contributed by atoms with Gasteiger partial charge < -0.3 is 10.1 Å². The highest BCUT2D eigenvalue weighted by molar-refractivity contribution is 5.87. The van der Waals surface area contributed by atoms with Crippen LogP contribution >= 0.6 is 12.4 Å². The van der Waals surface area contributed by atoms with Crippen LogP contribution in [0, 0.1) is 0 Å². The molecule has 2 aromatic rings. The van der Waals surface area contributed by atoms with Gasteiger partial charge in [0.15, 0.2) is 0 Å². The molecule has 3 heteroatoms. The number of halogens is 1. The van der Waals surface area contributed by atoms with E-state index in [-0.39, 0.29) is 12.4 Å². The molecule has 0 aliphatic carbocycles. The van der Waals surface area contributed by atoms with Gasteiger partial charge in [-0.05, 0) is 29.8 Å². The first kappa shape index (κ1) is 16.8. The summed E-state index contributed by atoms with van der Waals surface area (Å²) < 4.78 is 5.49. The van der Waals surface area contributed by atoms with E-state index in [1.807, 2.05) is 0 Å². The standard InChI is InChI=1S/C17H23NO.ClH/c1-3-4-7-12-18-13-16-15-9-6-5-8-14(15)10-11-17(16)19-2;/h5-6,8-11,18H,3-4,7,12-13H2,1-2H3;1H. The Morgan fingerprint density at radius 2 is 1.85 bits per heavy atom. The molecular formula is C17H24ClNO. The van der Waals surface area contributed by atoms with Crippen molar-refractivity contribution in [2.75, 3.05) is 13.7 Å². The molecule has 110 valence electrons. The van der Waals surface area contributed by atoms with E-state index in [4.69, 9.17) is 4.74 Å². The lowest BCUT2D eigenvalue weighted by Gasteiger charge is -2.13. The Morgan fingerprint density at radius 1 is 1.05 bits per heavy atom.